The van der Waals surface area contributed by atoms with E-state index in [0.29, 0.717) is 33.6 Å². The average Bonchev–Trinajstić information content (AvgIpc) is 3.00. The largest absolute Gasteiger partial charge is 0.501 e. The lowest BCUT2D eigenvalue weighted by molar-refractivity contribution is -0.116. The molecule has 0 atom stereocenters. The van der Waals surface area contributed by atoms with Gasteiger partial charge >= 0.3 is 11.5 Å². The molecule has 12 heteroatoms. The van der Waals surface area contributed by atoms with Crippen LogP contribution in [0.1, 0.15) is 5.56 Å². The Hall–Kier alpha value is -3.18. The molecule has 0 saturated carbocycles. The Bertz CT molecular complexity index is 1340. The summed E-state index contributed by atoms with van der Waals surface area (Å²) in [5.74, 6) is -0.599. The third kappa shape index (κ3) is 3.78. The Morgan fingerprint density at radius 3 is 2.38 bits per heavy atom. The maximum absolute atomic E-state index is 12.9. The average molecular weight is 484 g/mol. The molecule has 3 amide bonds. The van der Waals surface area contributed by atoms with Crippen molar-refractivity contribution in [2.75, 3.05) is 11.4 Å². The molecule has 4 rings (SSSR count). The van der Waals surface area contributed by atoms with Gasteiger partial charge in [0.05, 0.1) is 16.1 Å². The van der Waals surface area contributed by atoms with E-state index in [1.54, 1.807) is 30.5 Å². The number of nitrogens with zero attached hydrogens (tertiary/aromatic N) is 3. The molecule has 0 unspecified atom stereocenters. The highest BCUT2D eigenvalue weighted by Gasteiger charge is 2.47. The third-order valence-electron chi connectivity index (χ3n) is 4.90. The number of urea groups is 1. The Morgan fingerprint density at radius 1 is 1.03 bits per heavy atom. The van der Waals surface area contributed by atoms with Gasteiger partial charge in [-0.2, -0.15) is 13.2 Å². The number of rotatable bonds is 4. The first kappa shape index (κ1) is 22.0. The summed E-state index contributed by atoms with van der Waals surface area (Å²) in [5, 5.41) is 1.19. The second-order valence-electron chi connectivity index (χ2n) is 6.94. The van der Waals surface area contributed by atoms with Crippen LogP contribution in [0, 0.1) is 0 Å². The predicted octanol–water partition coefficient (Wildman–Crippen LogP) is 4.15. The zero-order valence-corrected chi connectivity index (χ0v) is 17.6. The Morgan fingerprint density at radius 2 is 1.72 bits per heavy atom. The zero-order valence-electron chi connectivity index (χ0n) is 16.0. The fraction of sp³-hybridized carbons (Fsp3) is 0.150. The number of fused-ring (bicyclic) bond motifs is 1. The van der Waals surface area contributed by atoms with E-state index < -0.39 is 32.2 Å². The number of hydrogen-bond acceptors (Lipinski definition) is 5. The normalized spacial score (nSPS) is 15.1. The van der Waals surface area contributed by atoms with Crippen molar-refractivity contribution >= 4 is 50.0 Å². The zero-order chi connectivity index (χ0) is 23.3. The van der Waals surface area contributed by atoms with E-state index in [9.17, 15) is 31.2 Å². The summed E-state index contributed by atoms with van der Waals surface area (Å²) >= 11 is 6.05. The summed E-state index contributed by atoms with van der Waals surface area (Å²) in [6.07, 6.45) is 1.56. The van der Waals surface area contributed by atoms with Crippen molar-refractivity contribution in [1.82, 2.24) is 9.88 Å². The van der Waals surface area contributed by atoms with Gasteiger partial charge in [0, 0.05) is 23.2 Å². The molecule has 2 heterocycles. The van der Waals surface area contributed by atoms with Crippen molar-refractivity contribution in [2.45, 2.75) is 16.9 Å². The van der Waals surface area contributed by atoms with Crippen LogP contribution < -0.4 is 4.90 Å². The van der Waals surface area contributed by atoms with Crippen LogP contribution in [-0.2, 0) is 21.2 Å². The standard InChI is InChI=1S/C20H13ClF3N3O4S/c21-13-1-6-17-16(9-13)12(7-8-25-17)10-26-11-18(28)27(19(26)29)14-2-4-15(5-3-14)32(30,31)20(22,23)24/h1-9H,10-11H2. The predicted molar refractivity (Wildman–Crippen MR) is 110 cm³/mol. The van der Waals surface area contributed by atoms with Crippen molar-refractivity contribution in [2.24, 2.45) is 0 Å². The van der Waals surface area contributed by atoms with Crippen molar-refractivity contribution in [3.8, 4) is 0 Å². The van der Waals surface area contributed by atoms with Crippen LogP contribution in [0.3, 0.4) is 0 Å². The minimum atomic E-state index is -5.54. The van der Waals surface area contributed by atoms with Crippen molar-refractivity contribution in [1.29, 1.82) is 0 Å². The molecule has 0 spiro atoms. The fourth-order valence-electron chi connectivity index (χ4n) is 3.35. The molecule has 1 aliphatic rings. The van der Waals surface area contributed by atoms with Crippen LogP contribution in [0.15, 0.2) is 59.6 Å². The van der Waals surface area contributed by atoms with E-state index >= 15 is 0 Å². The first-order valence-corrected chi connectivity index (χ1v) is 10.9. The van der Waals surface area contributed by atoms with Crippen LogP contribution in [0.2, 0.25) is 5.02 Å². The van der Waals surface area contributed by atoms with E-state index in [1.165, 1.54) is 4.90 Å². The van der Waals surface area contributed by atoms with Crippen LogP contribution >= 0.6 is 11.6 Å². The highest BCUT2D eigenvalue weighted by atomic mass is 35.5. The van der Waals surface area contributed by atoms with Crippen molar-refractivity contribution in [3.05, 3.63) is 65.3 Å². The molecule has 1 aliphatic heterocycles. The number of anilines is 1. The fourth-order valence-corrected chi connectivity index (χ4v) is 4.29. The lowest BCUT2D eigenvalue weighted by atomic mass is 10.1. The van der Waals surface area contributed by atoms with Crippen molar-refractivity contribution < 1.29 is 31.2 Å². The summed E-state index contributed by atoms with van der Waals surface area (Å²) in [7, 11) is -5.54. The lowest BCUT2D eigenvalue weighted by Gasteiger charge is -2.18. The number of hydrogen-bond donors (Lipinski definition) is 0. The number of benzene rings is 2. The van der Waals surface area contributed by atoms with E-state index in [4.69, 9.17) is 11.6 Å². The first-order valence-electron chi connectivity index (χ1n) is 9.05. The maximum atomic E-state index is 12.9. The number of carbonyl (C=O) groups is 2. The molecule has 0 N–H and O–H groups in total. The van der Waals surface area contributed by atoms with Gasteiger partial charge in [0.25, 0.3) is 15.7 Å². The molecular weight excluding hydrogens is 471 g/mol. The van der Waals surface area contributed by atoms with Crippen LogP contribution in [0.5, 0.6) is 0 Å². The molecule has 1 saturated heterocycles. The Labute approximate surface area is 184 Å². The topological polar surface area (TPSA) is 87.7 Å². The summed E-state index contributed by atoms with van der Waals surface area (Å²) in [5.41, 5.74) is -4.14. The molecule has 3 aromatic rings. The van der Waals surface area contributed by atoms with E-state index in [-0.39, 0.29) is 18.8 Å². The van der Waals surface area contributed by atoms with Gasteiger partial charge in [0.1, 0.15) is 6.54 Å². The summed E-state index contributed by atoms with van der Waals surface area (Å²) in [6.45, 7) is -0.188. The van der Waals surface area contributed by atoms with E-state index in [0.717, 1.165) is 17.0 Å². The number of aromatic nitrogens is 1. The number of carbonyl (C=O) groups excluding carboxylic acids is 2. The van der Waals surface area contributed by atoms with Crippen LogP contribution in [-0.4, -0.2) is 42.3 Å². The second-order valence-corrected chi connectivity index (χ2v) is 9.32. The Kier molecular flexibility index (Phi) is 5.33. The summed E-state index contributed by atoms with van der Waals surface area (Å²) in [4.78, 5) is 30.6. The van der Waals surface area contributed by atoms with Gasteiger partial charge in [0.2, 0.25) is 0 Å². The van der Waals surface area contributed by atoms with Gasteiger partial charge in [-0.3, -0.25) is 9.78 Å². The highest BCUT2D eigenvalue weighted by Crippen LogP contribution is 2.32. The monoisotopic (exact) mass is 483 g/mol. The first-order chi connectivity index (χ1) is 15.0. The van der Waals surface area contributed by atoms with E-state index in [2.05, 4.69) is 4.98 Å². The highest BCUT2D eigenvalue weighted by molar-refractivity contribution is 7.92. The third-order valence-corrected chi connectivity index (χ3v) is 6.64. The minimum absolute atomic E-state index is 0.0359. The van der Waals surface area contributed by atoms with Crippen LogP contribution in [0.25, 0.3) is 10.9 Å². The minimum Gasteiger partial charge on any atom is -0.310 e. The van der Waals surface area contributed by atoms with Gasteiger partial charge in [-0.05, 0) is 54.1 Å². The maximum Gasteiger partial charge on any atom is 0.501 e. The molecule has 0 aliphatic carbocycles. The molecule has 0 bridgehead atoms. The number of alkyl halides is 3. The number of amides is 3. The molecule has 2 aromatic carbocycles. The molecule has 7 nitrogen and oxygen atoms in total. The number of halogens is 4. The number of pyridine rings is 1. The smallest absolute Gasteiger partial charge is 0.310 e. The molecule has 166 valence electrons. The summed E-state index contributed by atoms with van der Waals surface area (Å²) < 4.78 is 61.2. The van der Waals surface area contributed by atoms with Gasteiger partial charge in [0.15, 0.2) is 0 Å². The Balaban J connectivity index is 1.60. The van der Waals surface area contributed by atoms with Crippen LogP contribution in [0.4, 0.5) is 23.7 Å². The van der Waals surface area contributed by atoms with Gasteiger partial charge in [-0.25, -0.2) is 18.1 Å². The van der Waals surface area contributed by atoms with Gasteiger partial charge < -0.3 is 4.90 Å². The lowest BCUT2D eigenvalue weighted by Crippen LogP contribution is -2.33. The van der Waals surface area contributed by atoms with Gasteiger partial charge in [-0.15, -0.1) is 0 Å². The molecular formula is C20H13ClF3N3O4S. The molecule has 1 fully saturated rings. The number of sulfone groups is 1. The van der Waals surface area contributed by atoms with E-state index in [1.807, 2.05) is 0 Å². The molecule has 32 heavy (non-hydrogen) atoms. The SMILES string of the molecule is O=C1CN(Cc2ccnc3ccc(Cl)cc23)C(=O)N1c1ccc(S(=O)(=O)C(F)(F)F)cc1. The molecule has 0 radical (unpaired) electrons. The summed E-state index contributed by atoms with van der Waals surface area (Å²) in [6, 6.07) is 9.48. The quantitative estimate of drug-likeness (QED) is 0.520. The van der Waals surface area contributed by atoms with Crippen molar-refractivity contribution in [3.63, 3.8) is 0 Å². The molecule has 1 aromatic heterocycles. The second kappa shape index (κ2) is 7.75. The van der Waals surface area contributed by atoms with Gasteiger partial charge in [-0.1, -0.05) is 11.6 Å². The number of imide groups is 1.